The van der Waals surface area contributed by atoms with Gasteiger partial charge in [-0.15, -0.1) is 11.8 Å². The molecule has 7 rings (SSSR count). The molecular formula is C27H24N2O5S2. The molecule has 2 aromatic carbocycles. The summed E-state index contributed by atoms with van der Waals surface area (Å²) in [6.45, 7) is 0. The molecule has 3 heterocycles. The van der Waals surface area contributed by atoms with Gasteiger partial charge in [0.25, 0.3) is 0 Å². The van der Waals surface area contributed by atoms with Crippen molar-refractivity contribution in [1.82, 2.24) is 4.98 Å². The zero-order valence-corrected chi connectivity index (χ0v) is 21.3. The number of thioether (sulfide) groups is 1. The lowest BCUT2D eigenvalue weighted by Gasteiger charge is -2.43. The van der Waals surface area contributed by atoms with E-state index in [-0.39, 0.29) is 57.4 Å². The van der Waals surface area contributed by atoms with E-state index < -0.39 is 0 Å². The summed E-state index contributed by atoms with van der Waals surface area (Å²) in [5, 5.41) is 1.05. The zero-order valence-electron chi connectivity index (χ0n) is 19.7. The van der Waals surface area contributed by atoms with E-state index in [2.05, 4.69) is 4.98 Å². The Morgan fingerprint density at radius 2 is 1.64 bits per heavy atom. The van der Waals surface area contributed by atoms with Crippen LogP contribution in [0, 0.1) is 29.6 Å². The van der Waals surface area contributed by atoms with Crippen molar-refractivity contribution >= 4 is 40.6 Å². The summed E-state index contributed by atoms with van der Waals surface area (Å²) in [6, 6.07) is 15.2. The van der Waals surface area contributed by atoms with Gasteiger partial charge in [-0.3, -0.25) is 19.3 Å². The van der Waals surface area contributed by atoms with Gasteiger partial charge in [0.1, 0.15) is 0 Å². The molecule has 0 unspecified atom stereocenters. The molecule has 7 nitrogen and oxygen atoms in total. The Morgan fingerprint density at radius 3 is 2.36 bits per heavy atom. The number of benzene rings is 2. The molecule has 2 amide bonds. The number of anilines is 1. The number of nitrogens with one attached hydrogen (secondary N) is 1. The molecule has 0 spiro atoms. The van der Waals surface area contributed by atoms with Crippen LogP contribution in [0.5, 0.6) is 11.5 Å². The van der Waals surface area contributed by atoms with Crippen LogP contribution < -0.4 is 19.2 Å². The first-order valence-electron chi connectivity index (χ1n) is 12.1. The van der Waals surface area contributed by atoms with Crippen LogP contribution in [-0.2, 0) is 9.59 Å². The molecule has 3 aromatic rings. The lowest BCUT2D eigenvalue weighted by molar-refractivity contribution is -0.123. The van der Waals surface area contributed by atoms with Crippen LogP contribution in [0.25, 0.3) is 0 Å². The number of hydrogen-bond donors (Lipinski definition) is 1. The SMILES string of the molecule is COc1ccc([C@@H]2c3sc(=O)[nH]c3S[C@@H]3[C@@H]4C[C@@H]([C@@H]5C(=O)N(c6ccccc6)C(=O)[C@@H]45)[C@@H]23)cc1OC. The number of fused-ring (bicyclic) bond motifs is 9. The number of rotatable bonds is 4. The fourth-order valence-electron chi connectivity index (χ4n) is 7.27. The third-order valence-electron chi connectivity index (χ3n) is 8.51. The van der Waals surface area contributed by atoms with Crippen molar-refractivity contribution < 1.29 is 19.1 Å². The lowest BCUT2D eigenvalue weighted by Crippen LogP contribution is -2.42. The van der Waals surface area contributed by atoms with Gasteiger partial charge in [0.2, 0.25) is 11.8 Å². The summed E-state index contributed by atoms with van der Waals surface area (Å²) in [7, 11) is 3.22. The quantitative estimate of drug-likeness (QED) is 0.521. The number of aromatic amines is 1. The molecule has 2 aliphatic heterocycles. The second kappa shape index (κ2) is 7.98. The van der Waals surface area contributed by atoms with Crippen LogP contribution in [0.1, 0.15) is 22.8 Å². The highest BCUT2D eigenvalue weighted by molar-refractivity contribution is 8.00. The molecule has 1 aromatic heterocycles. The number of aromatic nitrogens is 1. The van der Waals surface area contributed by atoms with Gasteiger partial charge in [-0.2, -0.15) is 0 Å². The van der Waals surface area contributed by atoms with Gasteiger partial charge in [0, 0.05) is 16.0 Å². The molecule has 0 radical (unpaired) electrons. The van der Waals surface area contributed by atoms with E-state index in [1.807, 2.05) is 48.5 Å². The van der Waals surface area contributed by atoms with Crippen molar-refractivity contribution in [3.63, 3.8) is 0 Å². The minimum absolute atomic E-state index is 0.0559. The maximum Gasteiger partial charge on any atom is 0.305 e. The van der Waals surface area contributed by atoms with E-state index in [0.29, 0.717) is 17.2 Å². The van der Waals surface area contributed by atoms with Crippen LogP contribution in [0.15, 0.2) is 58.4 Å². The number of ether oxygens (including phenoxy) is 2. The van der Waals surface area contributed by atoms with Crippen LogP contribution in [0.2, 0.25) is 0 Å². The van der Waals surface area contributed by atoms with Crippen molar-refractivity contribution in [3.05, 3.63) is 68.6 Å². The highest BCUT2D eigenvalue weighted by Crippen LogP contribution is 2.68. The van der Waals surface area contributed by atoms with Crippen LogP contribution in [0.4, 0.5) is 5.69 Å². The van der Waals surface area contributed by atoms with Crippen molar-refractivity contribution in [2.24, 2.45) is 29.6 Å². The normalized spacial score (nSPS) is 31.8. The maximum absolute atomic E-state index is 13.7. The first kappa shape index (κ1) is 22.2. The Bertz CT molecular complexity index is 1450. The van der Waals surface area contributed by atoms with Crippen LogP contribution in [0.3, 0.4) is 0 Å². The second-order valence-corrected chi connectivity index (χ2v) is 12.1. The van der Waals surface area contributed by atoms with E-state index in [0.717, 1.165) is 21.9 Å². The lowest BCUT2D eigenvalue weighted by atomic mass is 9.68. The monoisotopic (exact) mass is 520 g/mol. The summed E-state index contributed by atoms with van der Waals surface area (Å²) < 4.78 is 11.1. The van der Waals surface area contributed by atoms with Gasteiger partial charge < -0.3 is 14.5 Å². The number of carbonyl (C=O) groups is 2. The van der Waals surface area contributed by atoms with E-state index in [1.54, 1.807) is 26.0 Å². The maximum atomic E-state index is 13.7. The van der Waals surface area contributed by atoms with Crippen molar-refractivity contribution in [1.29, 1.82) is 0 Å². The van der Waals surface area contributed by atoms with Gasteiger partial charge >= 0.3 is 4.87 Å². The van der Waals surface area contributed by atoms with E-state index in [9.17, 15) is 14.4 Å². The fourth-order valence-corrected chi connectivity index (χ4v) is 10.2. The highest BCUT2D eigenvalue weighted by atomic mass is 32.2. The van der Waals surface area contributed by atoms with E-state index >= 15 is 0 Å². The number of thiazole rings is 1. The molecule has 1 saturated heterocycles. The number of carbonyl (C=O) groups excluding carboxylic acids is 2. The van der Waals surface area contributed by atoms with E-state index in [4.69, 9.17) is 9.47 Å². The average Bonchev–Trinajstić information content (AvgIpc) is 3.62. The average molecular weight is 521 g/mol. The zero-order chi connectivity index (χ0) is 24.7. The predicted molar refractivity (Wildman–Crippen MR) is 137 cm³/mol. The molecule has 36 heavy (non-hydrogen) atoms. The Morgan fingerprint density at radius 1 is 0.917 bits per heavy atom. The highest BCUT2D eigenvalue weighted by Gasteiger charge is 2.69. The first-order valence-corrected chi connectivity index (χ1v) is 13.8. The van der Waals surface area contributed by atoms with Gasteiger partial charge in [-0.25, -0.2) is 0 Å². The summed E-state index contributed by atoms with van der Waals surface area (Å²) in [6.07, 6.45) is 0.862. The number of methoxy groups -OCH3 is 2. The number of H-pyrrole nitrogens is 1. The van der Waals surface area contributed by atoms with Crippen molar-refractivity contribution in [2.45, 2.75) is 22.6 Å². The Balaban J connectivity index is 1.34. The van der Waals surface area contributed by atoms with Gasteiger partial charge in [0.05, 0.1) is 36.8 Å². The fraction of sp³-hybridized carbons (Fsp3) is 0.370. The molecule has 2 saturated carbocycles. The van der Waals surface area contributed by atoms with Crippen LogP contribution >= 0.6 is 23.1 Å². The molecule has 3 fully saturated rings. The summed E-state index contributed by atoms with van der Waals surface area (Å²) in [5.41, 5.74) is 1.69. The van der Waals surface area contributed by atoms with Crippen molar-refractivity contribution in [2.75, 3.05) is 19.1 Å². The number of imide groups is 1. The molecule has 2 aliphatic carbocycles. The topological polar surface area (TPSA) is 88.7 Å². The molecule has 4 aliphatic rings. The van der Waals surface area contributed by atoms with Gasteiger partial charge in [0.15, 0.2) is 11.5 Å². The van der Waals surface area contributed by atoms with Crippen molar-refractivity contribution in [3.8, 4) is 11.5 Å². The number of hydrogen-bond acceptors (Lipinski definition) is 7. The van der Waals surface area contributed by atoms with Gasteiger partial charge in [-0.05, 0) is 54.0 Å². The molecular weight excluding hydrogens is 496 g/mol. The third-order valence-corrected chi connectivity index (χ3v) is 11.1. The van der Waals surface area contributed by atoms with E-state index in [1.165, 1.54) is 16.2 Å². The number of amides is 2. The minimum Gasteiger partial charge on any atom is -0.493 e. The minimum atomic E-state index is -0.315. The van der Waals surface area contributed by atoms with Crippen LogP contribution in [-0.4, -0.2) is 36.3 Å². The first-order chi connectivity index (χ1) is 17.5. The standard InChI is InChI=1S/C27H24N2O5S2/c1-33-16-9-8-12(10-17(16)34-2)18-19-14-11-15(22(19)35-24-23(18)36-27(32)28-24)21-20(14)25(30)29(26(21)31)13-6-4-3-5-7-13/h3-10,14-15,18-22H,11H2,1-2H3,(H,28,32)/t14-,15-,18+,19+,20+,21+,22-/m1/s1. The Labute approximate surface area is 215 Å². The summed E-state index contributed by atoms with van der Waals surface area (Å²) in [4.78, 5) is 45.2. The molecule has 2 bridgehead atoms. The molecule has 184 valence electrons. The molecule has 9 heteroatoms. The Hall–Kier alpha value is -3.04. The Kier molecular flexibility index (Phi) is 4.92. The second-order valence-electron chi connectivity index (χ2n) is 9.92. The third kappa shape index (κ3) is 2.90. The summed E-state index contributed by atoms with van der Waals surface area (Å²) in [5.74, 6) is 0.780. The molecule has 1 N–H and O–H groups in total. The number of nitrogens with zero attached hydrogens (tertiary/aromatic N) is 1. The molecule has 7 atom stereocenters. The largest absolute Gasteiger partial charge is 0.493 e. The summed E-state index contributed by atoms with van der Waals surface area (Å²) >= 11 is 2.94. The predicted octanol–water partition coefficient (Wildman–Crippen LogP) is 4.13. The smallest absolute Gasteiger partial charge is 0.305 e. The van der Waals surface area contributed by atoms with Gasteiger partial charge in [-0.1, -0.05) is 35.6 Å². The number of para-hydroxylation sites is 1.